The molecule has 0 atom stereocenters. The molecule has 0 bridgehead atoms. The van der Waals surface area contributed by atoms with E-state index in [2.05, 4.69) is 0 Å². The van der Waals surface area contributed by atoms with Crippen molar-refractivity contribution in [1.82, 2.24) is 4.57 Å². The van der Waals surface area contributed by atoms with Gasteiger partial charge in [-0.3, -0.25) is 4.79 Å². The van der Waals surface area contributed by atoms with Crippen LogP contribution in [0.25, 0.3) is 17.0 Å². The third kappa shape index (κ3) is 3.03. The Morgan fingerprint density at radius 1 is 1.25 bits per heavy atom. The van der Waals surface area contributed by atoms with Crippen LogP contribution in [0, 0.1) is 17.1 Å². The van der Waals surface area contributed by atoms with Gasteiger partial charge in [-0.25, -0.2) is 4.39 Å². The zero-order valence-corrected chi connectivity index (χ0v) is 12.7. The monoisotopic (exact) mass is 319 g/mol. The fourth-order valence-corrected chi connectivity index (χ4v) is 2.67. The van der Waals surface area contributed by atoms with Crippen molar-refractivity contribution in [2.45, 2.75) is 6.54 Å². The van der Waals surface area contributed by atoms with Gasteiger partial charge in [0.25, 0.3) is 5.91 Å². The molecule has 0 radical (unpaired) electrons. The maximum Gasteiger partial charge on any atom is 0.259 e. The molecule has 3 aromatic rings. The summed E-state index contributed by atoms with van der Waals surface area (Å²) in [6.07, 6.45) is 3.31. The number of halogens is 1. The van der Waals surface area contributed by atoms with Gasteiger partial charge in [-0.1, -0.05) is 30.3 Å². The number of amides is 1. The molecular weight excluding hydrogens is 305 g/mol. The van der Waals surface area contributed by atoms with Gasteiger partial charge >= 0.3 is 0 Å². The van der Waals surface area contributed by atoms with E-state index in [1.54, 1.807) is 6.07 Å². The number of benzene rings is 2. The third-order valence-electron chi connectivity index (χ3n) is 3.75. The Balaban J connectivity index is 2.10. The number of rotatable bonds is 4. The summed E-state index contributed by atoms with van der Waals surface area (Å²) in [6, 6.07) is 15.8. The summed E-state index contributed by atoms with van der Waals surface area (Å²) in [4.78, 5) is 11.3. The Morgan fingerprint density at radius 2 is 2.04 bits per heavy atom. The first kappa shape index (κ1) is 15.5. The van der Waals surface area contributed by atoms with Gasteiger partial charge in [0.2, 0.25) is 0 Å². The number of nitrogens with zero attached hydrogens (tertiary/aromatic N) is 2. The molecule has 24 heavy (non-hydrogen) atoms. The van der Waals surface area contributed by atoms with Crippen LogP contribution in [-0.2, 0) is 11.3 Å². The average Bonchev–Trinajstić information content (AvgIpc) is 2.90. The highest BCUT2D eigenvalue weighted by atomic mass is 19.1. The minimum Gasteiger partial charge on any atom is -0.365 e. The standard InChI is InChI=1S/C19H14FN3O/c20-16-5-3-4-13(8-16)11-23-12-15(9-14(10-21)19(22)24)17-6-1-2-7-18(17)23/h1-9,12H,11H2,(H2,22,24). The lowest BCUT2D eigenvalue weighted by Crippen LogP contribution is -2.12. The molecule has 1 heterocycles. The van der Waals surface area contributed by atoms with E-state index in [-0.39, 0.29) is 11.4 Å². The van der Waals surface area contributed by atoms with Crippen molar-refractivity contribution in [3.63, 3.8) is 0 Å². The van der Waals surface area contributed by atoms with Crippen LogP contribution in [0.5, 0.6) is 0 Å². The second-order valence-corrected chi connectivity index (χ2v) is 5.39. The van der Waals surface area contributed by atoms with Crippen LogP contribution >= 0.6 is 0 Å². The van der Waals surface area contributed by atoms with Crippen LogP contribution in [0.2, 0.25) is 0 Å². The van der Waals surface area contributed by atoms with Crippen molar-refractivity contribution in [2.75, 3.05) is 0 Å². The van der Waals surface area contributed by atoms with Gasteiger partial charge < -0.3 is 10.3 Å². The van der Waals surface area contributed by atoms with E-state index in [1.807, 2.05) is 47.2 Å². The summed E-state index contributed by atoms with van der Waals surface area (Å²) in [5.74, 6) is -1.05. The lowest BCUT2D eigenvalue weighted by Gasteiger charge is -2.05. The Kier molecular flexibility index (Phi) is 4.13. The fraction of sp³-hybridized carbons (Fsp3) is 0.0526. The van der Waals surface area contributed by atoms with Gasteiger partial charge in [0.05, 0.1) is 0 Å². The van der Waals surface area contributed by atoms with Crippen LogP contribution in [0.1, 0.15) is 11.1 Å². The lowest BCUT2D eigenvalue weighted by molar-refractivity contribution is -0.114. The fourth-order valence-electron chi connectivity index (χ4n) is 2.67. The number of nitriles is 1. The maximum atomic E-state index is 13.4. The minimum absolute atomic E-state index is 0.108. The van der Waals surface area contributed by atoms with Crippen molar-refractivity contribution in [2.24, 2.45) is 5.73 Å². The van der Waals surface area contributed by atoms with Crippen molar-refractivity contribution >= 4 is 22.9 Å². The van der Waals surface area contributed by atoms with Gasteiger partial charge in [-0.15, -0.1) is 0 Å². The first-order valence-corrected chi connectivity index (χ1v) is 7.32. The van der Waals surface area contributed by atoms with Crippen molar-refractivity contribution in [1.29, 1.82) is 5.26 Å². The summed E-state index contributed by atoms with van der Waals surface area (Å²) < 4.78 is 15.3. The van der Waals surface area contributed by atoms with Gasteiger partial charge in [-0.05, 0) is 29.8 Å². The molecule has 0 aliphatic rings. The average molecular weight is 319 g/mol. The Labute approximate surface area is 138 Å². The SMILES string of the molecule is N#CC(=Cc1cn(Cc2cccc(F)c2)c2ccccc12)C(N)=O. The molecule has 2 N–H and O–H groups in total. The van der Waals surface area contributed by atoms with Crippen LogP contribution in [0.4, 0.5) is 4.39 Å². The second-order valence-electron chi connectivity index (χ2n) is 5.39. The number of carbonyl (C=O) groups is 1. The largest absolute Gasteiger partial charge is 0.365 e. The van der Waals surface area contributed by atoms with Gasteiger partial charge in [0.1, 0.15) is 17.5 Å². The number of fused-ring (bicyclic) bond motifs is 1. The molecule has 0 aliphatic carbocycles. The summed E-state index contributed by atoms with van der Waals surface area (Å²) in [6.45, 7) is 0.477. The van der Waals surface area contributed by atoms with Crippen molar-refractivity contribution in [3.05, 3.63) is 77.2 Å². The molecule has 4 nitrogen and oxygen atoms in total. The Morgan fingerprint density at radius 3 is 2.75 bits per heavy atom. The number of hydrogen-bond donors (Lipinski definition) is 1. The Bertz CT molecular complexity index is 995. The van der Waals surface area contributed by atoms with Crippen LogP contribution in [-0.4, -0.2) is 10.5 Å². The number of hydrogen-bond acceptors (Lipinski definition) is 2. The summed E-state index contributed by atoms with van der Waals surface area (Å²) in [5.41, 5.74) is 7.57. The molecule has 118 valence electrons. The highest BCUT2D eigenvalue weighted by Crippen LogP contribution is 2.24. The zero-order valence-electron chi connectivity index (χ0n) is 12.7. The highest BCUT2D eigenvalue weighted by molar-refractivity contribution is 6.03. The predicted molar refractivity (Wildman–Crippen MR) is 90.2 cm³/mol. The van der Waals surface area contributed by atoms with E-state index in [0.29, 0.717) is 6.54 Å². The number of para-hydroxylation sites is 1. The van der Waals surface area contributed by atoms with E-state index in [9.17, 15) is 9.18 Å². The van der Waals surface area contributed by atoms with Crippen molar-refractivity contribution in [3.8, 4) is 6.07 Å². The molecule has 0 spiro atoms. The van der Waals surface area contributed by atoms with Gasteiger partial charge in [-0.2, -0.15) is 5.26 Å². The molecule has 0 saturated carbocycles. The molecule has 0 saturated heterocycles. The van der Waals surface area contributed by atoms with E-state index in [1.165, 1.54) is 18.2 Å². The molecule has 1 amide bonds. The number of aromatic nitrogens is 1. The summed E-state index contributed by atoms with van der Waals surface area (Å²) >= 11 is 0. The maximum absolute atomic E-state index is 13.4. The van der Waals surface area contributed by atoms with Gasteiger partial charge in [0.15, 0.2) is 0 Å². The normalized spacial score (nSPS) is 11.4. The topological polar surface area (TPSA) is 71.8 Å². The van der Waals surface area contributed by atoms with Crippen LogP contribution in [0.15, 0.2) is 60.3 Å². The Hall–Kier alpha value is -3.39. The molecular formula is C19H14FN3O. The zero-order chi connectivity index (χ0) is 17.1. The van der Waals surface area contributed by atoms with E-state index >= 15 is 0 Å². The predicted octanol–water partition coefficient (Wildman–Crippen LogP) is 3.22. The van der Waals surface area contributed by atoms with Crippen LogP contribution < -0.4 is 5.73 Å². The molecule has 0 unspecified atom stereocenters. The number of nitrogens with two attached hydrogens (primary N) is 1. The molecule has 3 rings (SSSR count). The molecule has 0 fully saturated rings. The number of primary amides is 1. The summed E-state index contributed by atoms with van der Waals surface area (Å²) in [7, 11) is 0. The van der Waals surface area contributed by atoms with Gasteiger partial charge in [0, 0.05) is 29.2 Å². The smallest absolute Gasteiger partial charge is 0.259 e. The van der Waals surface area contributed by atoms with Crippen molar-refractivity contribution < 1.29 is 9.18 Å². The number of carbonyl (C=O) groups excluding carboxylic acids is 1. The minimum atomic E-state index is -0.764. The first-order valence-electron chi connectivity index (χ1n) is 7.32. The van der Waals surface area contributed by atoms with Crippen LogP contribution in [0.3, 0.4) is 0 Å². The lowest BCUT2D eigenvalue weighted by atomic mass is 10.1. The molecule has 5 heteroatoms. The third-order valence-corrected chi connectivity index (χ3v) is 3.75. The first-order chi connectivity index (χ1) is 11.6. The molecule has 2 aromatic carbocycles. The quantitative estimate of drug-likeness (QED) is 0.592. The van der Waals surface area contributed by atoms with E-state index in [0.717, 1.165) is 22.0 Å². The summed E-state index contributed by atoms with van der Waals surface area (Å²) in [5, 5.41) is 9.93. The second kappa shape index (κ2) is 6.39. The van der Waals surface area contributed by atoms with E-state index < -0.39 is 5.91 Å². The molecule has 0 aliphatic heterocycles. The van der Waals surface area contributed by atoms with E-state index in [4.69, 9.17) is 11.0 Å². The molecule has 1 aromatic heterocycles. The highest BCUT2D eigenvalue weighted by Gasteiger charge is 2.10.